The number of hydrogen-bond acceptors (Lipinski definition) is 4. The van der Waals surface area contributed by atoms with Crippen molar-refractivity contribution in [1.29, 1.82) is 0 Å². The van der Waals surface area contributed by atoms with Crippen LogP contribution in [-0.2, 0) is 9.47 Å². The summed E-state index contributed by atoms with van der Waals surface area (Å²) in [5.74, 6) is 0. The molecule has 0 aliphatic heterocycles. The Morgan fingerprint density at radius 2 is 1.82 bits per heavy atom. The quantitative estimate of drug-likeness (QED) is 0.632. The van der Waals surface area contributed by atoms with Gasteiger partial charge in [0, 0.05) is 26.8 Å². The molecule has 17 heavy (non-hydrogen) atoms. The van der Waals surface area contributed by atoms with Crippen LogP contribution in [0.15, 0.2) is 0 Å². The van der Waals surface area contributed by atoms with E-state index in [0.717, 1.165) is 39.3 Å². The Hall–Kier alpha value is -0.160. The summed E-state index contributed by atoms with van der Waals surface area (Å²) in [6, 6.07) is 0.420. The molecule has 0 bridgehead atoms. The molecule has 0 aliphatic carbocycles. The van der Waals surface area contributed by atoms with Crippen molar-refractivity contribution in [2.75, 3.05) is 47.1 Å². The lowest BCUT2D eigenvalue weighted by molar-refractivity contribution is 0.0676. The van der Waals surface area contributed by atoms with Crippen LogP contribution in [0.5, 0.6) is 0 Å². The van der Waals surface area contributed by atoms with E-state index in [4.69, 9.17) is 15.2 Å². The number of ether oxygens (including phenoxy) is 2. The molecule has 0 fully saturated rings. The van der Waals surface area contributed by atoms with Gasteiger partial charge < -0.3 is 15.2 Å². The van der Waals surface area contributed by atoms with Crippen molar-refractivity contribution in [1.82, 2.24) is 4.90 Å². The monoisotopic (exact) mass is 246 g/mol. The molecule has 1 unspecified atom stereocenters. The smallest absolute Gasteiger partial charge is 0.0615 e. The Morgan fingerprint density at radius 1 is 1.18 bits per heavy atom. The van der Waals surface area contributed by atoms with E-state index in [9.17, 15) is 0 Å². The summed E-state index contributed by atoms with van der Waals surface area (Å²) in [6.07, 6.45) is 1.10. The van der Waals surface area contributed by atoms with Gasteiger partial charge >= 0.3 is 0 Å². The lowest BCUT2D eigenvalue weighted by Crippen LogP contribution is -2.41. The van der Waals surface area contributed by atoms with Crippen molar-refractivity contribution < 1.29 is 9.47 Å². The van der Waals surface area contributed by atoms with E-state index in [-0.39, 0.29) is 5.41 Å². The third-order valence-electron chi connectivity index (χ3n) is 3.24. The zero-order valence-corrected chi connectivity index (χ0v) is 12.2. The van der Waals surface area contributed by atoms with Gasteiger partial charge in [0.15, 0.2) is 0 Å². The van der Waals surface area contributed by atoms with Gasteiger partial charge in [0.2, 0.25) is 0 Å². The number of methoxy groups -OCH3 is 2. The van der Waals surface area contributed by atoms with E-state index < -0.39 is 0 Å². The Bertz CT molecular complexity index is 186. The van der Waals surface area contributed by atoms with Crippen LogP contribution in [-0.4, -0.2) is 58.0 Å². The number of rotatable bonds is 10. The van der Waals surface area contributed by atoms with Gasteiger partial charge in [-0.15, -0.1) is 0 Å². The van der Waals surface area contributed by atoms with E-state index >= 15 is 0 Å². The molecule has 0 heterocycles. The lowest BCUT2D eigenvalue weighted by atomic mass is 9.89. The first kappa shape index (κ1) is 16.8. The summed E-state index contributed by atoms with van der Waals surface area (Å²) < 4.78 is 10.4. The van der Waals surface area contributed by atoms with E-state index in [1.807, 2.05) is 0 Å². The highest BCUT2D eigenvalue weighted by molar-refractivity contribution is 4.74. The third-order valence-corrected chi connectivity index (χ3v) is 3.24. The second kappa shape index (κ2) is 8.86. The average molecular weight is 246 g/mol. The highest BCUT2D eigenvalue weighted by Crippen LogP contribution is 2.19. The van der Waals surface area contributed by atoms with Crippen LogP contribution in [0.1, 0.15) is 27.2 Å². The Morgan fingerprint density at radius 3 is 2.29 bits per heavy atom. The van der Waals surface area contributed by atoms with Crippen molar-refractivity contribution in [3.63, 3.8) is 0 Å². The topological polar surface area (TPSA) is 47.7 Å². The zero-order chi connectivity index (χ0) is 13.3. The van der Waals surface area contributed by atoms with Gasteiger partial charge in [-0.3, -0.25) is 4.90 Å². The first-order valence-electron chi connectivity index (χ1n) is 6.39. The van der Waals surface area contributed by atoms with Gasteiger partial charge in [-0.2, -0.15) is 0 Å². The maximum Gasteiger partial charge on any atom is 0.0615 e. The largest absolute Gasteiger partial charge is 0.383 e. The average Bonchev–Trinajstić information content (AvgIpc) is 2.29. The Balaban J connectivity index is 4.18. The van der Waals surface area contributed by atoms with Gasteiger partial charge in [0.05, 0.1) is 13.2 Å². The molecule has 0 saturated heterocycles. The molecule has 0 aromatic rings. The lowest BCUT2D eigenvalue weighted by Gasteiger charge is -2.32. The van der Waals surface area contributed by atoms with Crippen LogP contribution in [0, 0.1) is 5.41 Å². The SMILES string of the molecule is COCCN(CCC(C)(C)CN)C(C)COC. The molecule has 1 atom stereocenters. The van der Waals surface area contributed by atoms with E-state index in [1.165, 1.54) is 0 Å². The molecule has 0 aliphatic rings. The molecular formula is C13H30N2O2. The van der Waals surface area contributed by atoms with Crippen LogP contribution >= 0.6 is 0 Å². The van der Waals surface area contributed by atoms with Crippen molar-refractivity contribution in [3.05, 3.63) is 0 Å². The van der Waals surface area contributed by atoms with Gasteiger partial charge in [0.25, 0.3) is 0 Å². The fourth-order valence-electron chi connectivity index (χ4n) is 1.66. The maximum absolute atomic E-state index is 5.76. The van der Waals surface area contributed by atoms with E-state index in [1.54, 1.807) is 14.2 Å². The van der Waals surface area contributed by atoms with E-state index in [2.05, 4.69) is 25.7 Å². The molecule has 0 rings (SSSR count). The Labute approximate surface area is 106 Å². The third kappa shape index (κ3) is 7.71. The fraction of sp³-hybridized carbons (Fsp3) is 1.00. The van der Waals surface area contributed by atoms with Gasteiger partial charge in [-0.05, 0) is 31.8 Å². The molecule has 104 valence electrons. The molecule has 0 aromatic heterocycles. The van der Waals surface area contributed by atoms with Gasteiger partial charge in [0.1, 0.15) is 0 Å². The summed E-state index contributed by atoms with van der Waals surface area (Å²) in [7, 11) is 3.48. The second-order valence-corrected chi connectivity index (χ2v) is 5.45. The first-order valence-corrected chi connectivity index (χ1v) is 6.39. The summed E-state index contributed by atoms with van der Waals surface area (Å²) in [5, 5.41) is 0. The normalized spacial score (nSPS) is 14.3. The van der Waals surface area contributed by atoms with Crippen LogP contribution < -0.4 is 5.73 Å². The molecule has 0 spiro atoms. The summed E-state index contributed by atoms with van der Waals surface area (Å²) in [5.41, 5.74) is 5.97. The standard InChI is InChI=1S/C13H30N2O2/c1-12(10-17-5)15(8-9-16-4)7-6-13(2,3)11-14/h12H,6-11,14H2,1-5H3. The first-order chi connectivity index (χ1) is 7.96. The molecule has 4 nitrogen and oxygen atoms in total. The van der Waals surface area contributed by atoms with Crippen molar-refractivity contribution >= 4 is 0 Å². The van der Waals surface area contributed by atoms with Gasteiger partial charge in [-0.25, -0.2) is 0 Å². The summed E-state index contributed by atoms with van der Waals surface area (Å²) in [4.78, 5) is 2.41. The van der Waals surface area contributed by atoms with Crippen LogP contribution in [0.25, 0.3) is 0 Å². The van der Waals surface area contributed by atoms with Crippen LogP contribution in [0.3, 0.4) is 0 Å². The molecule has 0 aromatic carbocycles. The molecule has 2 N–H and O–H groups in total. The maximum atomic E-state index is 5.76. The predicted octanol–water partition coefficient (Wildman–Crippen LogP) is 1.34. The predicted molar refractivity (Wildman–Crippen MR) is 72.2 cm³/mol. The molecule has 0 saturated carbocycles. The van der Waals surface area contributed by atoms with E-state index in [0.29, 0.717) is 6.04 Å². The van der Waals surface area contributed by atoms with Gasteiger partial charge in [-0.1, -0.05) is 13.8 Å². The molecule has 4 heteroatoms. The number of hydrogen-bond donors (Lipinski definition) is 1. The minimum atomic E-state index is 0.206. The van der Waals surface area contributed by atoms with Crippen molar-refractivity contribution in [2.45, 2.75) is 33.2 Å². The van der Waals surface area contributed by atoms with Crippen molar-refractivity contribution in [3.8, 4) is 0 Å². The Kier molecular flexibility index (Phi) is 8.78. The fourth-order valence-corrected chi connectivity index (χ4v) is 1.66. The molecule has 0 radical (unpaired) electrons. The minimum Gasteiger partial charge on any atom is -0.383 e. The summed E-state index contributed by atoms with van der Waals surface area (Å²) >= 11 is 0. The highest BCUT2D eigenvalue weighted by Gasteiger charge is 2.19. The second-order valence-electron chi connectivity index (χ2n) is 5.45. The molecule has 0 amide bonds. The number of nitrogens with zero attached hydrogens (tertiary/aromatic N) is 1. The minimum absolute atomic E-state index is 0.206. The van der Waals surface area contributed by atoms with Crippen molar-refractivity contribution in [2.24, 2.45) is 11.1 Å². The van der Waals surface area contributed by atoms with Crippen LogP contribution in [0.2, 0.25) is 0 Å². The highest BCUT2D eigenvalue weighted by atomic mass is 16.5. The molecular weight excluding hydrogens is 216 g/mol. The van der Waals surface area contributed by atoms with Crippen LogP contribution in [0.4, 0.5) is 0 Å². The number of nitrogens with two attached hydrogens (primary N) is 1. The summed E-state index contributed by atoms with van der Waals surface area (Å²) in [6.45, 7) is 10.8. The zero-order valence-electron chi connectivity index (χ0n) is 12.2.